The molecule has 6 nitrogen and oxygen atoms in total. The van der Waals surface area contributed by atoms with Gasteiger partial charge in [0.2, 0.25) is 0 Å². The number of rotatable bonds is 2. The number of aromatic nitrogens is 5. The molecule has 0 saturated carbocycles. The third-order valence-corrected chi connectivity index (χ3v) is 1.24. The van der Waals surface area contributed by atoms with Crippen molar-refractivity contribution in [2.75, 3.05) is 0 Å². The molecular formula is C6H5N5O. The molecular weight excluding hydrogens is 158 g/mol. The van der Waals surface area contributed by atoms with Crippen LogP contribution in [0.5, 0.6) is 0 Å². The van der Waals surface area contributed by atoms with Crippen LogP contribution in [-0.2, 0) is 0 Å². The summed E-state index contributed by atoms with van der Waals surface area (Å²) in [6.07, 6.45) is 6.60. The second-order valence-corrected chi connectivity index (χ2v) is 2.06. The van der Waals surface area contributed by atoms with E-state index < -0.39 is 0 Å². The lowest BCUT2D eigenvalue weighted by Gasteiger charge is -1.76. The number of tetrazole rings is 1. The Morgan fingerprint density at radius 2 is 2.42 bits per heavy atom. The Labute approximate surface area is 67.3 Å². The highest BCUT2D eigenvalue weighted by molar-refractivity contribution is 5.64. The number of hydrogen-bond donors (Lipinski definition) is 1. The van der Waals surface area contributed by atoms with Crippen molar-refractivity contribution in [3.8, 4) is 0 Å². The molecule has 0 aliphatic carbocycles. The molecule has 0 unspecified atom stereocenters. The Kier molecular flexibility index (Phi) is 1.65. The monoisotopic (exact) mass is 163 g/mol. The van der Waals surface area contributed by atoms with Gasteiger partial charge in [0.25, 0.3) is 0 Å². The molecule has 0 bridgehead atoms. The first-order valence-electron chi connectivity index (χ1n) is 3.26. The van der Waals surface area contributed by atoms with Gasteiger partial charge in [0.15, 0.2) is 5.82 Å². The molecule has 2 rings (SSSR count). The second-order valence-electron chi connectivity index (χ2n) is 2.06. The van der Waals surface area contributed by atoms with E-state index in [0.717, 1.165) is 5.56 Å². The molecule has 0 radical (unpaired) electrons. The summed E-state index contributed by atoms with van der Waals surface area (Å²) >= 11 is 0. The fraction of sp³-hybridized carbons (Fsp3) is 0. The van der Waals surface area contributed by atoms with Crippen LogP contribution in [0.4, 0.5) is 0 Å². The predicted molar refractivity (Wildman–Crippen MR) is 39.6 cm³/mol. The fourth-order valence-corrected chi connectivity index (χ4v) is 0.706. The minimum absolute atomic E-state index is 0.524. The predicted octanol–water partition coefficient (Wildman–Crippen LogP) is 0.358. The maximum atomic E-state index is 4.62. The van der Waals surface area contributed by atoms with Crippen molar-refractivity contribution in [3.05, 3.63) is 23.8 Å². The average molecular weight is 163 g/mol. The summed E-state index contributed by atoms with van der Waals surface area (Å²) in [7, 11) is 0. The van der Waals surface area contributed by atoms with E-state index in [1.165, 1.54) is 6.26 Å². The van der Waals surface area contributed by atoms with Crippen molar-refractivity contribution in [2.24, 2.45) is 0 Å². The van der Waals surface area contributed by atoms with Crippen molar-refractivity contribution in [1.29, 1.82) is 0 Å². The number of aromatic amines is 1. The van der Waals surface area contributed by atoms with Gasteiger partial charge in [0.1, 0.15) is 6.26 Å². The molecule has 0 spiro atoms. The standard InChI is InChI=1S/C6H5N5O/c1(5-3-7-12-4-5)2-6-8-10-11-9-6/h1-4H,(H,8,9,10,11)/b2-1+. The molecule has 0 fully saturated rings. The zero-order valence-corrected chi connectivity index (χ0v) is 6.01. The highest BCUT2D eigenvalue weighted by Crippen LogP contribution is 2.01. The van der Waals surface area contributed by atoms with Gasteiger partial charge in [-0.05, 0) is 17.4 Å². The highest BCUT2D eigenvalue weighted by atomic mass is 16.5. The molecule has 0 saturated heterocycles. The normalized spacial score (nSPS) is 11.0. The molecule has 6 heteroatoms. The Morgan fingerprint density at radius 1 is 1.42 bits per heavy atom. The third kappa shape index (κ3) is 1.36. The Hall–Kier alpha value is -1.98. The largest absolute Gasteiger partial charge is 0.364 e. The summed E-state index contributed by atoms with van der Waals surface area (Å²) in [4.78, 5) is 0. The van der Waals surface area contributed by atoms with Gasteiger partial charge >= 0.3 is 0 Å². The first-order valence-corrected chi connectivity index (χ1v) is 3.26. The third-order valence-electron chi connectivity index (χ3n) is 1.24. The van der Waals surface area contributed by atoms with Crippen LogP contribution in [0.1, 0.15) is 11.4 Å². The van der Waals surface area contributed by atoms with Crippen molar-refractivity contribution in [1.82, 2.24) is 25.8 Å². The molecule has 12 heavy (non-hydrogen) atoms. The van der Waals surface area contributed by atoms with Gasteiger partial charge in [0.05, 0.1) is 6.20 Å². The maximum Gasteiger partial charge on any atom is 0.197 e. The van der Waals surface area contributed by atoms with Crippen LogP contribution in [0.25, 0.3) is 12.2 Å². The van der Waals surface area contributed by atoms with Crippen LogP contribution in [0.15, 0.2) is 17.0 Å². The van der Waals surface area contributed by atoms with Crippen LogP contribution < -0.4 is 0 Å². The Bertz CT molecular complexity index is 313. The lowest BCUT2D eigenvalue weighted by Crippen LogP contribution is -1.73. The van der Waals surface area contributed by atoms with E-state index in [9.17, 15) is 0 Å². The first-order chi connectivity index (χ1) is 5.95. The lowest BCUT2D eigenvalue weighted by atomic mass is 10.3. The van der Waals surface area contributed by atoms with Crippen LogP contribution in [-0.4, -0.2) is 25.8 Å². The average Bonchev–Trinajstić information content (AvgIpc) is 2.74. The molecule has 0 aliphatic rings. The van der Waals surface area contributed by atoms with Gasteiger partial charge in [-0.1, -0.05) is 5.16 Å². The van der Waals surface area contributed by atoms with Crippen LogP contribution >= 0.6 is 0 Å². The maximum absolute atomic E-state index is 4.62. The molecule has 0 atom stereocenters. The lowest BCUT2D eigenvalue weighted by molar-refractivity contribution is 0.419. The Morgan fingerprint density at radius 3 is 3.08 bits per heavy atom. The van der Waals surface area contributed by atoms with Crippen LogP contribution in [0, 0.1) is 0 Å². The molecule has 2 aromatic rings. The molecule has 2 heterocycles. The minimum Gasteiger partial charge on any atom is -0.364 e. The summed E-state index contributed by atoms with van der Waals surface area (Å²) in [6, 6.07) is 0. The van der Waals surface area contributed by atoms with E-state index in [0.29, 0.717) is 5.82 Å². The summed E-state index contributed by atoms with van der Waals surface area (Å²) in [5.41, 5.74) is 0.861. The van der Waals surface area contributed by atoms with Gasteiger partial charge in [0, 0.05) is 5.56 Å². The SMILES string of the molecule is C(=C\c1nn[nH]n1)/c1cnoc1. The van der Waals surface area contributed by atoms with Crippen molar-refractivity contribution >= 4 is 12.2 Å². The number of hydrogen-bond acceptors (Lipinski definition) is 5. The number of H-pyrrole nitrogens is 1. The van der Waals surface area contributed by atoms with Crippen molar-refractivity contribution in [3.63, 3.8) is 0 Å². The van der Waals surface area contributed by atoms with Gasteiger partial charge < -0.3 is 4.52 Å². The molecule has 0 aliphatic heterocycles. The zero-order chi connectivity index (χ0) is 8.23. The summed E-state index contributed by atoms with van der Waals surface area (Å²) in [6.45, 7) is 0. The highest BCUT2D eigenvalue weighted by Gasteiger charge is 1.91. The zero-order valence-electron chi connectivity index (χ0n) is 6.01. The number of nitrogens with one attached hydrogen (secondary N) is 1. The van der Waals surface area contributed by atoms with Crippen LogP contribution in [0.2, 0.25) is 0 Å². The molecule has 1 N–H and O–H groups in total. The van der Waals surface area contributed by atoms with Crippen molar-refractivity contribution < 1.29 is 4.52 Å². The summed E-state index contributed by atoms with van der Waals surface area (Å²) in [5.74, 6) is 0.524. The molecule has 2 aromatic heterocycles. The van der Waals surface area contributed by atoms with Gasteiger partial charge in [-0.15, -0.1) is 10.2 Å². The molecule has 0 amide bonds. The number of nitrogens with zero attached hydrogens (tertiary/aromatic N) is 4. The Balaban J connectivity index is 2.14. The van der Waals surface area contributed by atoms with E-state index in [-0.39, 0.29) is 0 Å². The van der Waals surface area contributed by atoms with Gasteiger partial charge in [-0.2, -0.15) is 5.21 Å². The van der Waals surface area contributed by atoms with Crippen LogP contribution in [0.3, 0.4) is 0 Å². The minimum atomic E-state index is 0.524. The van der Waals surface area contributed by atoms with Crippen molar-refractivity contribution in [2.45, 2.75) is 0 Å². The molecule has 60 valence electrons. The van der Waals surface area contributed by atoms with Gasteiger partial charge in [-0.3, -0.25) is 0 Å². The summed E-state index contributed by atoms with van der Waals surface area (Å²) in [5, 5.41) is 16.7. The second kappa shape index (κ2) is 2.95. The van der Waals surface area contributed by atoms with E-state index >= 15 is 0 Å². The van der Waals surface area contributed by atoms with E-state index in [2.05, 4.69) is 30.3 Å². The van der Waals surface area contributed by atoms with Gasteiger partial charge in [-0.25, -0.2) is 0 Å². The van der Waals surface area contributed by atoms with E-state index in [1.807, 2.05) is 0 Å². The first kappa shape index (κ1) is 6.71. The van der Waals surface area contributed by atoms with E-state index in [4.69, 9.17) is 0 Å². The fourth-order valence-electron chi connectivity index (χ4n) is 0.706. The smallest absolute Gasteiger partial charge is 0.197 e. The quantitative estimate of drug-likeness (QED) is 0.691. The van der Waals surface area contributed by atoms with E-state index in [1.54, 1.807) is 18.3 Å². The topological polar surface area (TPSA) is 80.5 Å². The molecule has 0 aromatic carbocycles. The summed E-state index contributed by atoms with van der Waals surface area (Å²) < 4.78 is 4.62.